The molecule has 1 fully saturated rings. The number of nitrogens with one attached hydrogen (secondary N) is 1. The van der Waals surface area contributed by atoms with Crippen molar-refractivity contribution in [3.8, 4) is 0 Å². The Kier molecular flexibility index (Phi) is 5.39. The number of halogens is 1. The molecule has 1 N–H and O–H groups in total. The summed E-state index contributed by atoms with van der Waals surface area (Å²) >= 11 is 5.88. The molecule has 0 radical (unpaired) electrons. The molecule has 1 aliphatic rings. The number of anilines is 2. The first-order valence-corrected chi connectivity index (χ1v) is 8.63. The van der Waals surface area contributed by atoms with Crippen LogP contribution in [0.5, 0.6) is 0 Å². The molecular weight excluding hydrogens is 356 g/mol. The first-order valence-electron chi connectivity index (χ1n) is 8.25. The van der Waals surface area contributed by atoms with Crippen LogP contribution in [0.15, 0.2) is 42.5 Å². The molecule has 0 bridgehead atoms. The molecule has 0 aromatic heterocycles. The quantitative estimate of drug-likeness (QED) is 0.657. The molecule has 3 rings (SSSR count). The molecule has 0 atom stereocenters. The van der Waals surface area contributed by atoms with Gasteiger partial charge in [0, 0.05) is 43.9 Å². The number of rotatable bonds is 4. The lowest BCUT2D eigenvalue weighted by molar-refractivity contribution is -0.384. The van der Waals surface area contributed by atoms with E-state index >= 15 is 0 Å². The Morgan fingerprint density at radius 2 is 1.85 bits per heavy atom. The monoisotopic (exact) mass is 374 g/mol. The minimum absolute atomic E-state index is 0.0727. The summed E-state index contributed by atoms with van der Waals surface area (Å²) in [5.74, 6) is -0.434. The lowest BCUT2D eigenvalue weighted by atomic mass is 10.1. The second-order valence-corrected chi connectivity index (χ2v) is 6.44. The number of carbonyl (C=O) groups is 1. The summed E-state index contributed by atoms with van der Waals surface area (Å²) in [7, 11) is 1.59. The Hall–Kier alpha value is -2.64. The number of carbonyl (C=O) groups excluding carboxylic acids is 1. The minimum Gasteiger partial charge on any atom is -0.363 e. The van der Waals surface area contributed by atoms with Crippen LogP contribution >= 0.6 is 11.6 Å². The van der Waals surface area contributed by atoms with Crippen LogP contribution in [0.25, 0.3) is 0 Å². The zero-order chi connectivity index (χ0) is 18.7. The van der Waals surface area contributed by atoms with Crippen LogP contribution in [-0.2, 0) is 0 Å². The van der Waals surface area contributed by atoms with Gasteiger partial charge in [-0.1, -0.05) is 17.7 Å². The molecule has 8 heteroatoms. The smallest absolute Gasteiger partial charge is 0.305 e. The zero-order valence-corrected chi connectivity index (χ0v) is 15.1. The Morgan fingerprint density at radius 1 is 1.19 bits per heavy atom. The van der Waals surface area contributed by atoms with E-state index in [4.69, 9.17) is 11.6 Å². The topological polar surface area (TPSA) is 78.7 Å². The fourth-order valence-electron chi connectivity index (χ4n) is 3.02. The molecule has 136 valence electrons. The fraction of sp³-hybridized carbons (Fsp3) is 0.278. The average molecular weight is 375 g/mol. The molecule has 2 aromatic carbocycles. The predicted octanol–water partition coefficient (Wildman–Crippen LogP) is 2.93. The van der Waals surface area contributed by atoms with E-state index in [0.717, 1.165) is 13.1 Å². The third kappa shape index (κ3) is 3.63. The maximum atomic E-state index is 12.9. The van der Waals surface area contributed by atoms with E-state index in [1.807, 2.05) is 4.90 Å². The average Bonchev–Trinajstić information content (AvgIpc) is 2.67. The van der Waals surface area contributed by atoms with E-state index in [-0.39, 0.29) is 11.3 Å². The first-order chi connectivity index (χ1) is 12.5. The van der Waals surface area contributed by atoms with Crippen molar-refractivity contribution in [2.75, 3.05) is 43.0 Å². The van der Waals surface area contributed by atoms with Crippen LogP contribution in [0.3, 0.4) is 0 Å². The maximum absolute atomic E-state index is 12.9. The van der Waals surface area contributed by atoms with Crippen LogP contribution in [0.4, 0.5) is 17.1 Å². The summed E-state index contributed by atoms with van der Waals surface area (Å²) in [5.41, 5.74) is 1.01. The fourth-order valence-corrected chi connectivity index (χ4v) is 3.15. The lowest BCUT2D eigenvalue weighted by Crippen LogP contribution is -2.43. The van der Waals surface area contributed by atoms with Crippen LogP contribution in [-0.4, -0.2) is 44.1 Å². The standard InChI is InChI=1S/C18H19ClN4O3/c1-21(14-7-5-13(19)6-8-14)18(24)15-3-2-4-16(17(15)23(25)26)22-11-9-20-10-12-22/h2-8,20H,9-12H2,1H3. The van der Waals surface area contributed by atoms with Crippen molar-refractivity contribution in [2.24, 2.45) is 0 Å². The van der Waals surface area contributed by atoms with Crippen molar-refractivity contribution >= 4 is 34.6 Å². The Labute approximate surface area is 156 Å². The highest BCUT2D eigenvalue weighted by atomic mass is 35.5. The van der Waals surface area contributed by atoms with Crippen molar-refractivity contribution in [3.05, 3.63) is 63.2 Å². The van der Waals surface area contributed by atoms with Gasteiger partial charge in [0.1, 0.15) is 11.3 Å². The van der Waals surface area contributed by atoms with Gasteiger partial charge in [0.2, 0.25) is 0 Å². The van der Waals surface area contributed by atoms with Gasteiger partial charge in [0.15, 0.2) is 0 Å². The molecule has 0 aliphatic carbocycles. The number of piperazine rings is 1. The number of nitro groups is 1. The summed E-state index contributed by atoms with van der Waals surface area (Å²) in [4.78, 5) is 27.6. The highest BCUT2D eigenvalue weighted by Crippen LogP contribution is 2.33. The summed E-state index contributed by atoms with van der Waals surface area (Å²) in [6.45, 7) is 2.82. The number of nitrogens with zero attached hydrogens (tertiary/aromatic N) is 3. The maximum Gasteiger partial charge on any atom is 0.305 e. The molecule has 0 saturated carbocycles. The van der Waals surface area contributed by atoms with Crippen molar-refractivity contribution in [3.63, 3.8) is 0 Å². The normalized spacial score (nSPS) is 14.2. The summed E-state index contributed by atoms with van der Waals surface area (Å²) in [6, 6.07) is 11.6. The van der Waals surface area contributed by atoms with Crippen molar-refractivity contribution in [1.82, 2.24) is 5.32 Å². The molecule has 0 spiro atoms. The second kappa shape index (κ2) is 7.72. The molecule has 1 aliphatic heterocycles. The molecule has 1 saturated heterocycles. The largest absolute Gasteiger partial charge is 0.363 e. The van der Waals surface area contributed by atoms with Gasteiger partial charge in [-0.2, -0.15) is 0 Å². The Morgan fingerprint density at radius 3 is 2.46 bits per heavy atom. The van der Waals surface area contributed by atoms with Gasteiger partial charge < -0.3 is 15.1 Å². The molecule has 0 unspecified atom stereocenters. The third-order valence-electron chi connectivity index (χ3n) is 4.40. The van der Waals surface area contributed by atoms with Gasteiger partial charge in [-0.25, -0.2) is 0 Å². The van der Waals surface area contributed by atoms with Crippen LogP contribution in [0.2, 0.25) is 5.02 Å². The van der Waals surface area contributed by atoms with Crippen LogP contribution in [0.1, 0.15) is 10.4 Å². The third-order valence-corrected chi connectivity index (χ3v) is 4.66. The number of benzene rings is 2. The predicted molar refractivity (Wildman–Crippen MR) is 102 cm³/mol. The molecule has 7 nitrogen and oxygen atoms in total. The van der Waals surface area contributed by atoms with Crippen LogP contribution < -0.4 is 15.1 Å². The van der Waals surface area contributed by atoms with E-state index in [1.54, 1.807) is 43.4 Å². The SMILES string of the molecule is CN(C(=O)c1cccc(N2CCNCC2)c1[N+](=O)[O-])c1ccc(Cl)cc1. The van der Waals surface area contributed by atoms with Gasteiger partial charge in [-0.15, -0.1) is 0 Å². The van der Waals surface area contributed by atoms with Crippen molar-refractivity contribution < 1.29 is 9.72 Å². The highest BCUT2D eigenvalue weighted by molar-refractivity contribution is 6.30. The van der Waals surface area contributed by atoms with Crippen molar-refractivity contribution in [1.29, 1.82) is 0 Å². The highest BCUT2D eigenvalue weighted by Gasteiger charge is 2.29. The van der Waals surface area contributed by atoms with E-state index < -0.39 is 10.8 Å². The molecule has 1 amide bonds. The van der Waals surface area contributed by atoms with Gasteiger partial charge in [0.25, 0.3) is 5.91 Å². The number of nitro benzene ring substituents is 1. The van der Waals surface area contributed by atoms with Crippen molar-refractivity contribution in [2.45, 2.75) is 0 Å². The van der Waals surface area contributed by atoms with Gasteiger partial charge in [-0.3, -0.25) is 14.9 Å². The van der Waals surface area contributed by atoms with E-state index in [9.17, 15) is 14.9 Å². The number of hydrogen-bond donors (Lipinski definition) is 1. The van der Waals surface area contributed by atoms with Gasteiger partial charge >= 0.3 is 5.69 Å². The van der Waals surface area contributed by atoms with Gasteiger partial charge in [0.05, 0.1) is 4.92 Å². The second-order valence-electron chi connectivity index (χ2n) is 6.01. The Bertz CT molecular complexity index is 820. The molecule has 1 heterocycles. The summed E-state index contributed by atoms with van der Waals surface area (Å²) in [6.07, 6.45) is 0. The Balaban J connectivity index is 1.99. The first kappa shape index (κ1) is 18.2. The van der Waals surface area contributed by atoms with Crippen LogP contribution in [0, 0.1) is 10.1 Å². The zero-order valence-electron chi connectivity index (χ0n) is 14.3. The summed E-state index contributed by atoms with van der Waals surface area (Å²) in [5, 5.41) is 15.5. The van der Waals surface area contributed by atoms with E-state index in [0.29, 0.717) is 29.5 Å². The molecule has 26 heavy (non-hydrogen) atoms. The number of amides is 1. The minimum atomic E-state index is -0.472. The number of para-hydroxylation sites is 1. The van der Waals surface area contributed by atoms with E-state index in [2.05, 4.69) is 5.32 Å². The lowest BCUT2D eigenvalue weighted by Gasteiger charge is -2.29. The van der Waals surface area contributed by atoms with E-state index in [1.165, 1.54) is 11.0 Å². The van der Waals surface area contributed by atoms with Gasteiger partial charge in [-0.05, 0) is 36.4 Å². The molecular formula is C18H19ClN4O3. The summed E-state index contributed by atoms with van der Waals surface area (Å²) < 4.78 is 0. The molecule has 2 aromatic rings. The number of hydrogen-bond acceptors (Lipinski definition) is 5.